The number of halogens is 1. The Bertz CT molecular complexity index is 579. The van der Waals surface area contributed by atoms with Gasteiger partial charge in [0.2, 0.25) is 0 Å². The molecule has 2 aromatic carbocycles. The second kappa shape index (κ2) is 5.43. The van der Waals surface area contributed by atoms with Gasteiger partial charge in [0.1, 0.15) is 6.61 Å². The van der Waals surface area contributed by atoms with Crippen molar-refractivity contribution in [2.75, 3.05) is 0 Å². The summed E-state index contributed by atoms with van der Waals surface area (Å²) in [6, 6.07) is 9.46. The van der Waals surface area contributed by atoms with Crippen molar-refractivity contribution in [3.05, 3.63) is 64.0 Å². The minimum absolute atomic E-state index is 0.273. The van der Waals surface area contributed by atoms with Gasteiger partial charge in [-0.25, -0.2) is 4.39 Å². The van der Waals surface area contributed by atoms with Crippen LogP contribution in [-0.2, 0) is 6.61 Å². The molecule has 2 heteroatoms. The fraction of sp³-hybridized carbons (Fsp3) is 0.294. The lowest BCUT2D eigenvalue weighted by molar-refractivity contribution is 0.288. The van der Waals surface area contributed by atoms with Crippen LogP contribution in [0.25, 0.3) is 0 Å². The van der Waals surface area contributed by atoms with E-state index >= 15 is 0 Å². The third-order valence-electron chi connectivity index (χ3n) is 3.37. The van der Waals surface area contributed by atoms with Crippen molar-refractivity contribution < 1.29 is 9.13 Å². The largest absolute Gasteiger partial charge is 0.486 e. The van der Waals surface area contributed by atoms with Crippen molar-refractivity contribution in [3.8, 4) is 5.75 Å². The summed E-state index contributed by atoms with van der Waals surface area (Å²) in [6.45, 7) is 8.34. The average Bonchev–Trinajstić information content (AvgIpc) is 2.33. The van der Waals surface area contributed by atoms with Crippen molar-refractivity contribution in [3.63, 3.8) is 0 Å². The second-order valence-electron chi connectivity index (χ2n) is 5.05. The van der Waals surface area contributed by atoms with Gasteiger partial charge in [0, 0.05) is 0 Å². The SMILES string of the molecule is Cc1cc(C)c(COc2cccc(C)c2F)c(C)c1. The number of benzene rings is 2. The van der Waals surface area contributed by atoms with Gasteiger partial charge in [0.05, 0.1) is 0 Å². The molecule has 0 saturated heterocycles. The van der Waals surface area contributed by atoms with Gasteiger partial charge in [-0.1, -0.05) is 29.8 Å². The molecule has 0 fully saturated rings. The van der Waals surface area contributed by atoms with E-state index in [1.54, 1.807) is 19.1 Å². The van der Waals surface area contributed by atoms with E-state index in [9.17, 15) is 4.39 Å². The predicted octanol–water partition coefficient (Wildman–Crippen LogP) is 4.64. The topological polar surface area (TPSA) is 9.23 Å². The molecule has 0 aliphatic heterocycles. The van der Waals surface area contributed by atoms with Crippen LogP contribution in [0.15, 0.2) is 30.3 Å². The van der Waals surface area contributed by atoms with E-state index in [1.807, 2.05) is 6.07 Å². The lowest BCUT2D eigenvalue weighted by atomic mass is 10.0. The second-order valence-corrected chi connectivity index (χ2v) is 5.05. The van der Waals surface area contributed by atoms with Gasteiger partial charge in [-0.2, -0.15) is 0 Å². The third kappa shape index (κ3) is 2.95. The summed E-state index contributed by atoms with van der Waals surface area (Å²) < 4.78 is 19.5. The normalized spacial score (nSPS) is 10.6. The van der Waals surface area contributed by atoms with Crippen molar-refractivity contribution >= 4 is 0 Å². The molecule has 2 aromatic rings. The van der Waals surface area contributed by atoms with Crippen LogP contribution in [0, 0.1) is 33.5 Å². The molecule has 0 amide bonds. The minimum Gasteiger partial charge on any atom is -0.486 e. The zero-order valence-corrected chi connectivity index (χ0v) is 11.9. The first kappa shape index (κ1) is 13.6. The summed E-state index contributed by atoms with van der Waals surface area (Å²) in [4.78, 5) is 0. The lowest BCUT2D eigenvalue weighted by Gasteiger charge is -2.13. The van der Waals surface area contributed by atoms with E-state index in [2.05, 4.69) is 32.9 Å². The predicted molar refractivity (Wildman–Crippen MR) is 76.1 cm³/mol. The fourth-order valence-corrected chi connectivity index (χ4v) is 2.32. The highest BCUT2D eigenvalue weighted by molar-refractivity contribution is 5.38. The summed E-state index contributed by atoms with van der Waals surface area (Å²) >= 11 is 0. The number of aryl methyl sites for hydroxylation is 4. The maximum Gasteiger partial charge on any atom is 0.167 e. The molecule has 0 aliphatic rings. The Labute approximate surface area is 114 Å². The fourth-order valence-electron chi connectivity index (χ4n) is 2.32. The van der Waals surface area contributed by atoms with E-state index in [-0.39, 0.29) is 5.82 Å². The molecule has 0 aliphatic carbocycles. The van der Waals surface area contributed by atoms with Crippen LogP contribution in [0.3, 0.4) is 0 Å². The summed E-state index contributed by atoms with van der Waals surface area (Å²) in [7, 11) is 0. The Balaban J connectivity index is 2.22. The van der Waals surface area contributed by atoms with Crippen LogP contribution in [0.4, 0.5) is 4.39 Å². The standard InChI is InChI=1S/C17H19FO/c1-11-8-13(3)15(14(4)9-11)10-19-16-7-5-6-12(2)17(16)18/h5-9H,10H2,1-4H3. The number of ether oxygens (including phenoxy) is 1. The summed E-state index contributed by atoms with van der Waals surface area (Å²) in [5.74, 6) is 0.0456. The minimum atomic E-state index is -0.273. The van der Waals surface area contributed by atoms with E-state index < -0.39 is 0 Å². The monoisotopic (exact) mass is 258 g/mol. The highest BCUT2D eigenvalue weighted by Gasteiger charge is 2.08. The van der Waals surface area contributed by atoms with Crippen LogP contribution in [-0.4, -0.2) is 0 Å². The van der Waals surface area contributed by atoms with Crippen LogP contribution in [0.1, 0.15) is 27.8 Å². The van der Waals surface area contributed by atoms with Crippen LogP contribution >= 0.6 is 0 Å². The van der Waals surface area contributed by atoms with Crippen molar-refractivity contribution in [1.82, 2.24) is 0 Å². The molecule has 19 heavy (non-hydrogen) atoms. The molecule has 0 radical (unpaired) electrons. The van der Waals surface area contributed by atoms with Crippen molar-refractivity contribution in [2.24, 2.45) is 0 Å². The van der Waals surface area contributed by atoms with Gasteiger partial charge in [-0.05, 0) is 56.0 Å². The van der Waals surface area contributed by atoms with Gasteiger partial charge in [-0.3, -0.25) is 0 Å². The molecule has 0 atom stereocenters. The van der Waals surface area contributed by atoms with Gasteiger partial charge >= 0.3 is 0 Å². The van der Waals surface area contributed by atoms with Gasteiger partial charge in [-0.15, -0.1) is 0 Å². The lowest BCUT2D eigenvalue weighted by Crippen LogP contribution is -2.03. The molecule has 1 nitrogen and oxygen atoms in total. The highest BCUT2D eigenvalue weighted by Crippen LogP contribution is 2.23. The molecule has 0 N–H and O–H groups in total. The smallest absolute Gasteiger partial charge is 0.167 e. The van der Waals surface area contributed by atoms with Gasteiger partial charge in [0.15, 0.2) is 11.6 Å². The quantitative estimate of drug-likeness (QED) is 0.779. The Morgan fingerprint density at radius 1 is 0.947 bits per heavy atom. The summed E-state index contributed by atoms with van der Waals surface area (Å²) in [5.41, 5.74) is 5.35. The molecule has 0 bridgehead atoms. The summed E-state index contributed by atoms with van der Waals surface area (Å²) in [6.07, 6.45) is 0. The molecule has 0 heterocycles. The highest BCUT2D eigenvalue weighted by atomic mass is 19.1. The molecule has 0 spiro atoms. The zero-order valence-electron chi connectivity index (χ0n) is 11.9. The van der Waals surface area contributed by atoms with E-state index in [4.69, 9.17) is 4.74 Å². The maximum atomic E-state index is 13.8. The first-order valence-electron chi connectivity index (χ1n) is 6.43. The Hall–Kier alpha value is -1.83. The molecule has 100 valence electrons. The van der Waals surface area contributed by atoms with Crippen LogP contribution < -0.4 is 4.74 Å². The van der Waals surface area contributed by atoms with Gasteiger partial charge in [0.25, 0.3) is 0 Å². The average molecular weight is 258 g/mol. The Kier molecular flexibility index (Phi) is 3.89. The van der Waals surface area contributed by atoms with Crippen molar-refractivity contribution in [1.29, 1.82) is 0 Å². The molecule has 2 rings (SSSR count). The van der Waals surface area contributed by atoms with E-state index in [1.165, 1.54) is 16.7 Å². The maximum absolute atomic E-state index is 13.8. The Morgan fingerprint density at radius 3 is 2.21 bits per heavy atom. The first-order valence-corrected chi connectivity index (χ1v) is 6.43. The Morgan fingerprint density at radius 2 is 1.58 bits per heavy atom. The number of hydrogen-bond acceptors (Lipinski definition) is 1. The van der Waals surface area contributed by atoms with E-state index in [0.717, 1.165) is 5.56 Å². The third-order valence-corrected chi connectivity index (χ3v) is 3.37. The molecular weight excluding hydrogens is 239 g/mol. The number of hydrogen-bond donors (Lipinski definition) is 0. The molecule has 0 unspecified atom stereocenters. The van der Waals surface area contributed by atoms with E-state index in [0.29, 0.717) is 17.9 Å². The molecule has 0 saturated carbocycles. The van der Waals surface area contributed by atoms with Crippen molar-refractivity contribution in [2.45, 2.75) is 34.3 Å². The molecule has 0 aromatic heterocycles. The van der Waals surface area contributed by atoms with Crippen LogP contribution in [0.5, 0.6) is 5.75 Å². The number of rotatable bonds is 3. The molecular formula is C17H19FO. The van der Waals surface area contributed by atoms with Gasteiger partial charge < -0.3 is 4.74 Å². The zero-order chi connectivity index (χ0) is 14.0. The summed E-state index contributed by atoms with van der Waals surface area (Å²) in [5, 5.41) is 0. The van der Waals surface area contributed by atoms with Crippen LogP contribution in [0.2, 0.25) is 0 Å². The first-order chi connectivity index (χ1) is 8.99.